The van der Waals surface area contributed by atoms with Crippen molar-refractivity contribution in [2.75, 3.05) is 0 Å². The van der Waals surface area contributed by atoms with Crippen LogP contribution in [0.15, 0.2) is 0 Å². The molecule has 0 amide bonds. The van der Waals surface area contributed by atoms with Gasteiger partial charge in [0.2, 0.25) is 0 Å². The van der Waals surface area contributed by atoms with Crippen LogP contribution in [-0.4, -0.2) is 62.6 Å². The van der Waals surface area contributed by atoms with Gasteiger partial charge >= 0.3 is 41.0 Å². The van der Waals surface area contributed by atoms with E-state index in [2.05, 4.69) is 0 Å². The van der Waals surface area contributed by atoms with Gasteiger partial charge in [-0.05, 0) is 0 Å². The molecule has 4 aliphatic rings. The van der Waals surface area contributed by atoms with Gasteiger partial charge < -0.3 is 10.2 Å². The molecule has 0 saturated heterocycles. The number of aliphatic hydroxyl groups is 2. The van der Waals surface area contributed by atoms with Gasteiger partial charge in [0, 0.05) is 0 Å². The predicted molar refractivity (Wildman–Crippen MR) is 46.9 cm³/mol. The average molecular weight is 402 g/mol. The van der Waals surface area contributed by atoms with Crippen molar-refractivity contribution in [1.82, 2.24) is 0 Å². The van der Waals surface area contributed by atoms with Crippen molar-refractivity contribution >= 4 is 0 Å². The van der Waals surface area contributed by atoms with Gasteiger partial charge in [-0.1, -0.05) is 0 Å². The van der Waals surface area contributed by atoms with E-state index in [1.165, 1.54) is 0 Å². The van der Waals surface area contributed by atoms with Crippen molar-refractivity contribution < 1.29 is 67.3 Å². The van der Waals surface area contributed by atoms with Crippen LogP contribution in [0.3, 0.4) is 0 Å². The fraction of sp³-hybridized carbons (Fsp3) is 1.00. The summed E-state index contributed by atoms with van der Waals surface area (Å²) in [5.41, 5.74) is -21.0. The molecule has 2 N–H and O–H groups in total. The molecule has 2 unspecified atom stereocenters. The van der Waals surface area contributed by atoms with Crippen LogP contribution < -0.4 is 0 Å². The zero-order valence-electron chi connectivity index (χ0n) is 10.9. The summed E-state index contributed by atoms with van der Waals surface area (Å²) in [5, 5.41) is 17.8. The summed E-state index contributed by atoms with van der Waals surface area (Å²) in [6.07, 6.45) is 0. The number of halogens is 13. The summed E-state index contributed by atoms with van der Waals surface area (Å²) >= 11 is 0. The molecule has 0 heterocycles. The van der Waals surface area contributed by atoms with Gasteiger partial charge in [-0.15, -0.1) is 0 Å². The van der Waals surface area contributed by atoms with Crippen LogP contribution in [0.2, 0.25) is 0 Å². The fourth-order valence-electron chi connectivity index (χ4n) is 3.92. The Labute approximate surface area is 127 Å². The van der Waals surface area contributed by atoms with Crippen LogP contribution in [0.1, 0.15) is 0 Å². The smallest absolute Gasteiger partial charge is 0.333 e. The minimum absolute atomic E-state index is 5.65. The normalized spacial score (nSPS) is 56.0. The summed E-state index contributed by atoms with van der Waals surface area (Å²) in [4.78, 5) is 0. The number of alkyl halides is 13. The van der Waals surface area contributed by atoms with Crippen molar-refractivity contribution in [2.45, 2.75) is 52.4 Å². The molecule has 4 aliphatic carbocycles. The van der Waals surface area contributed by atoms with Gasteiger partial charge in [0.05, 0.1) is 0 Å². The highest BCUT2D eigenvalue weighted by molar-refractivity contribution is 5.49. The van der Waals surface area contributed by atoms with Gasteiger partial charge in [0.1, 0.15) is 0 Å². The third-order valence-electron chi connectivity index (χ3n) is 5.18. The first-order valence-corrected chi connectivity index (χ1v) is 6.02. The largest absolute Gasteiger partial charge is 0.373 e. The lowest BCUT2D eigenvalue weighted by atomic mass is 9.41. The molecule has 4 saturated carbocycles. The maximum absolute atomic E-state index is 14.2. The van der Waals surface area contributed by atoms with Gasteiger partial charge in [-0.25, -0.2) is 39.5 Å². The summed E-state index contributed by atoms with van der Waals surface area (Å²) in [5.74, 6) is -48.2. The molecular formula is C10H3F13O2. The topological polar surface area (TPSA) is 40.5 Å². The maximum Gasteiger partial charge on any atom is 0.333 e. The highest BCUT2D eigenvalue weighted by Crippen LogP contribution is 2.85. The Hall–Kier alpha value is -0.990. The first-order chi connectivity index (χ1) is 10.6. The van der Waals surface area contributed by atoms with Crippen molar-refractivity contribution in [3.8, 4) is 0 Å². The number of rotatable bonds is 0. The van der Waals surface area contributed by atoms with Crippen molar-refractivity contribution in [1.29, 1.82) is 0 Å². The standard InChI is InChI=1S/C10H3F13O2/c11-2(12)1-3(13,14)6(18)9(21,22)7(24,4(1,15)16)8(19,20)5(2,17)10(6,23)25/h1,24-25H. The minimum Gasteiger partial charge on any atom is -0.373 e. The Kier molecular flexibility index (Phi) is 2.67. The molecule has 0 radical (unpaired) electrons. The van der Waals surface area contributed by atoms with Crippen LogP contribution in [-0.2, 0) is 0 Å². The van der Waals surface area contributed by atoms with E-state index in [9.17, 15) is 57.1 Å². The molecule has 0 aromatic carbocycles. The van der Waals surface area contributed by atoms with Gasteiger partial charge in [0.25, 0.3) is 11.5 Å². The molecule has 0 aromatic heterocycles. The van der Waals surface area contributed by atoms with E-state index in [1.54, 1.807) is 0 Å². The van der Waals surface area contributed by atoms with Crippen molar-refractivity contribution in [3.05, 3.63) is 0 Å². The quantitative estimate of drug-likeness (QED) is 0.612. The van der Waals surface area contributed by atoms with E-state index in [4.69, 9.17) is 10.2 Å². The lowest BCUT2D eigenvalue weighted by molar-refractivity contribution is -0.606. The lowest BCUT2D eigenvalue weighted by Gasteiger charge is -2.73. The molecule has 0 aliphatic heterocycles. The molecule has 4 rings (SSSR count). The Morgan fingerprint density at radius 1 is 0.480 bits per heavy atom. The van der Waals surface area contributed by atoms with Crippen LogP contribution in [0, 0.1) is 5.92 Å². The average Bonchev–Trinajstić information content (AvgIpc) is 2.38. The Balaban J connectivity index is 2.64. The summed E-state index contributed by atoms with van der Waals surface area (Å²) in [6, 6.07) is 0. The maximum atomic E-state index is 14.2. The fourth-order valence-corrected chi connectivity index (χ4v) is 3.92. The van der Waals surface area contributed by atoms with Gasteiger partial charge in [0.15, 0.2) is 5.92 Å². The SMILES string of the molecule is OC1(F)C2(F)C(F)(F)C3C(F)(F)C(O)(C2(F)F)C(F)(F)C1(F)C3(F)F. The third kappa shape index (κ3) is 1.06. The summed E-state index contributed by atoms with van der Waals surface area (Å²) < 4.78 is 180. The van der Waals surface area contributed by atoms with Crippen LogP contribution in [0.4, 0.5) is 57.1 Å². The van der Waals surface area contributed by atoms with E-state index in [-0.39, 0.29) is 0 Å². The lowest BCUT2D eigenvalue weighted by Crippen LogP contribution is -3.06. The predicted octanol–water partition coefficient (Wildman–Crippen LogP) is 2.63. The second-order valence-corrected chi connectivity index (χ2v) is 6.10. The van der Waals surface area contributed by atoms with E-state index in [0.717, 1.165) is 0 Å². The van der Waals surface area contributed by atoms with Crippen LogP contribution >= 0.6 is 0 Å². The highest BCUT2D eigenvalue weighted by Gasteiger charge is 3.17. The summed E-state index contributed by atoms with van der Waals surface area (Å²) in [7, 11) is 0. The van der Waals surface area contributed by atoms with E-state index < -0.39 is 58.3 Å². The molecule has 4 fully saturated rings. The molecule has 15 heteroatoms. The van der Waals surface area contributed by atoms with Crippen molar-refractivity contribution in [2.24, 2.45) is 5.92 Å². The monoisotopic (exact) mass is 402 g/mol. The third-order valence-corrected chi connectivity index (χ3v) is 5.18. The Morgan fingerprint density at radius 2 is 0.760 bits per heavy atom. The molecule has 4 bridgehead atoms. The highest BCUT2D eigenvalue weighted by atomic mass is 19.3. The van der Waals surface area contributed by atoms with E-state index >= 15 is 0 Å². The molecular weight excluding hydrogens is 399 g/mol. The number of hydrogen-bond acceptors (Lipinski definition) is 2. The molecule has 0 spiro atoms. The Bertz CT molecular complexity index is 559. The van der Waals surface area contributed by atoms with Gasteiger partial charge in [-0.3, -0.25) is 0 Å². The second kappa shape index (κ2) is 3.55. The van der Waals surface area contributed by atoms with Crippen LogP contribution in [0.5, 0.6) is 0 Å². The van der Waals surface area contributed by atoms with Crippen molar-refractivity contribution in [3.63, 3.8) is 0 Å². The molecule has 0 aromatic rings. The molecule has 25 heavy (non-hydrogen) atoms. The first-order valence-electron chi connectivity index (χ1n) is 6.02. The second-order valence-electron chi connectivity index (χ2n) is 6.10. The van der Waals surface area contributed by atoms with E-state index in [0.29, 0.717) is 0 Å². The Morgan fingerprint density at radius 3 is 1.04 bits per heavy atom. The summed E-state index contributed by atoms with van der Waals surface area (Å²) in [6.45, 7) is 0. The minimum atomic E-state index is -7.30. The van der Waals surface area contributed by atoms with Gasteiger partial charge in [-0.2, -0.15) is 17.6 Å². The first kappa shape index (κ1) is 18.8. The van der Waals surface area contributed by atoms with E-state index in [1.807, 2.05) is 0 Å². The van der Waals surface area contributed by atoms with Crippen LogP contribution in [0.25, 0.3) is 0 Å². The number of hydrogen-bond donors (Lipinski definition) is 2. The molecule has 146 valence electrons. The zero-order chi connectivity index (χ0) is 20.1. The zero-order valence-corrected chi connectivity index (χ0v) is 10.9. The molecule has 2 atom stereocenters. The molecule has 2 nitrogen and oxygen atoms in total.